The lowest BCUT2D eigenvalue weighted by Crippen LogP contribution is -2.33. The highest BCUT2D eigenvalue weighted by molar-refractivity contribution is 6.34. The third kappa shape index (κ3) is 4.95. The third-order valence-corrected chi connectivity index (χ3v) is 3.85. The number of esters is 1. The zero-order chi connectivity index (χ0) is 18.4. The predicted octanol–water partition coefficient (Wildman–Crippen LogP) is 3.15. The molecule has 6 nitrogen and oxygen atoms in total. The van der Waals surface area contributed by atoms with E-state index in [1.165, 1.54) is 25.3 Å². The molecule has 0 heterocycles. The van der Waals surface area contributed by atoms with Crippen molar-refractivity contribution in [1.82, 2.24) is 5.32 Å². The van der Waals surface area contributed by atoms with Gasteiger partial charge >= 0.3 is 5.97 Å². The summed E-state index contributed by atoms with van der Waals surface area (Å²) >= 11 is 11.9. The lowest BCUT2D eigenvalue weighted by Gasteiger charge is -2.10. The highest BCUT2D eigenvalue weighted by atomic mass is 35.5. The molecule has 0 bridgehead atoms. The molecule has 0 aliphatic carbocycles. The normalized spacial score (nSPS) is 10.0. The van der Waals surface area contributed by atoms with Gasteiger partial charge in [0.05, 0.1) is 40.5 Å². The average molecular weight is 381 g/mol. The highest BCUT2D eigenvalue weighted by Gasteiger charge is 2.13. The maximum atomic E-state index is 12.0. The van der Waals surface area contributed by atoms with Crippen molar-refractivity contribution < 1.29 is 19.1 Å². The van der Waals surface area contributed by atoms with Gasteiger partial charge in [-0.2, -0.15) is 0 Å². The molecule has 0 radical (unpaired) electrons. The van der Waals surface area contributed by atoms with Crippen LogP contribution in [0.25, 0.3) is 0 Å². The van der Waals surface area contributed by atoms with Crippen LogP contribution in [-0.2, 0) is 9.53 Å². The summed E-state index contributed by atoms with van der Waals surface area (Å²) in [6.45, 7) is -0.289. The number of amides is 2. The molecule has 2 aromatic carbocycles. The number of halogens is 2. The van der Waals surface area contributed by atoms with Crippen molar-refractivity contribution in [3.8, 4) is 0 Å². The molecule has 0 aromatic heterocycles. The zero-order valence-electron chi connectivity index (χ0n) is 13.1. The molecule has 8 heteroatoms. The summed E-state index contributed by atoms with van der Waals surface area (Å²) in [6, 6.07) is 10.8. The molecule has 2 aromatic rings. The van der Waals surface area contributed by atoms with Crippen LogP contribution in [0.2, 0.25) is 10.0 Å². The van der Waals surface area contributed by atoms with E-state index in [2.05, 4.69) is 15.4 Å². The molecule has 2 rings (SSSR count). The van der Waals surface area contributed by atoms with Crippen LogP contribution < -0.4 is 10.6 Å². The maximum absolute atomic E-state index is 12.0. The van der Waals surface area contributed by atoms with Crippen LogP contribution in [-0.4, -0.2) is 31.4 Å². The van der Waals surface area contributed by atoms with Crippen molar-refractivity contribution in [2.75, 3.05) is 19.0 Å². The fourth-order valence-electron chi connectivity index (χ4n) is 1.96. The van der Waals surface area contributed by atoms with Gasteiger partial charge in [0.1, 0.15) is 0 Å². The van der Waals surface area contributed by atoms with Gasteiger partial charge in [-0.05, 0) is 30.3 Å². The number of anilines is 1. The Morgan fingerprint density at radius 2 is 1.76 bits per heavy atom. The summed E-state index contributed by atoms with van der Waals surface area (Å²) in [5, 5.41) is 5.52. The quantitative estimate of drug-likeness (QED) is 0.780. The molecule has 0 saturated carbocycles. The minimum atomic E-state index is -0.556. The number of hydrogen-bond donors (Lipinski definition) is 2. The Labute approximate surface area is 154 Å². The van der Waals surface area contributed by atoms with Crippen LogP contribution in [0, 0.1) is 0 Å². The Morgan fingerprint density at radius 1 is 1.04 bits per heavy atom. The molecule has 0 aliphatic heterocycles. The molecule has 0 fully saturated rings. The van der Waals surface area contributed by atoms with Crippen LogP contribution in [0.3, 0.4) is 0 Å². The lowest BCUT2D eigenvalue weighted by molar-refractivity contribution is -0.115. The van der Waals surface area contributed by atoms with E-state index >= 15 is 0 Å². The van der Waals surface area contributed by atoms with Crippen LogP contribution >= 0.6 is 23.2 Å². The second-order valence-corrected chi connectivity index (χ2v) is 5.71. The molecule has 0 spiro atoms. The van der Waals surface area contributed by atoms with Crippen molar-refractivity contribution in [1.29, 1.82) is 0 Å². The molecular weight excluding hydrogens is 367 g/mol. The van der Waals surface area contributed by atoms with E-state index in [0.717, 1.165) is 0 Å². The van der Waals surface area contributed by atoms with Crippen molar-refractivity contribution in [3.05, 3.63) is 63.6 Å². The molecule has 2 N–H and O–H groups in total. The number of carbonyl (C=O) groups is 3. The van der Waals surface area contributed by atoms with Crippen molar-refractivity contribution >= 4 is 46.7 Å². The van der Waals surface area contributed by atoms with Gasteiger partial charge in [0.25, 0.3) is 5.91 Å². The first kappa shape index (κ1) is 18.8. The standard InChI is InChI=1S/C17H14Cl2N2O4/c1-25-17(24)10-6-7-13(19)14(8-10)21-15(22)9-20-16(23)11-4-2-3-5-12(11)18/h2-8H,9H2,1H3,(H,20,23)(H,21,22). The van der Waals surface area contributed by atoms with E-state index in [-0.39, 0.29) is 33.4 Å². The number of nitrogens with one attached hydrogen (secondary N) is 2. The molecular formula is C17H14Cl2N2O4. The minimum absolute atomic E-state index is 0.238. The molecule has 0 saturated heterocycles. The smallest absolute Gasteiger partial charge is 0.337 e. The van der Waals surface area contributed by atoms with Crippen molar-refractivity contribution in [3.63, 3.8) is 0 Å². The Bertz CT molecular complexity index is 824. The Morgan fingerprint density at radius 3 is 2.44 bits per heavy atom. The Kier molecular flexibility index (Phi) is 6.38. The van der Waals surface area contributed by atoms with Gasteiger partial charge in [0.2, 0.25) is 5.91 Å². The minimum Gasteiger partial charge on any atom is -0.465 e. The molecule has 25 heavy (non-hydrogen) atoms. The van der Waals surface area contributed by atoms with Crippen LogP contribution in [0.4, 0.5) is 5.69 Å². The summed E-state index contributed by atoms with van der Waals surface area (Å²) in [5.74, 6) is -1.54. The molecule has 0 aliphatic rings. The second-order valence-electron chi connectivity index (χ2n) is 4.90. The number of carbonyl (C=O) groups excluding carboxylic acids is 3. The zero-order valence-corrected chi connectivity index (χ0v) is 14.6. The molecule has 2 amide bonds. The first-order valence-electron chi connectivity index (χ1n) is 7.13. The topological polar surface area (TPSA) is 84.5 Å². The van der Waals surface area contributed by atoms with Crippen molar-refractivity contribution in [2.24, 2.45) is 0 Å². The van der Waals surface area contributed by atoms with E-state index in [0.29, 0.717) is 0 Å². The SMILES string of the molecule is COC(=O)c1ccc(Cl)c(NC(=O)CNC(=O)c2ccccc2Cl)c1. The van der Waals surface area contributed by atoms with Gasteiger partial charge in [0, 0.05) is 0 Å². The van der Waals surface area contributed by atoms with Crippen molar-refractivity contribution in [2.45, 2.75) is 0 Å². The monoisotopic (exact) mass is 380 g/mol. The Hall–Kier alpha value is -2.57. The van der Waals surface area contributed by atoms with E-state index in [4.69, 9.17) is 23.2 Å². The number of ether oxygens (including phenoxy) is 1. The van der Waals surface area contributed by atoms with Crippen LogP contribution in [0.1, 0.15) is 20.7 Å². The van der Waals surface area contributed by atoms with Crippen LogP contribution in [0.5, 0.6) is 0 Å². The van der Waals surface area contributed by atoms with Gasteiger partial charge in [-0.3, -0.25) is 9.59 Å². The average Bonchev–Trinajstić information content (AvgIpc) is 2.61. The highest BCUT2D eigenvalue weighted by Crippen LogP contribution is 2.23. The molecule has 0 unspecified atom stereocenters. The van der Waals surface area contributed by atoms with Gasteiger partial charge in [-0.15, -0.1) is 0 Å². The third-order valence-electron chi connectivity index (χ3n) is 3.19. The summed E-state index contributed by atoms with van der Waals surface area (Å²) in [6.07, 6.45) is 0. The summed E-state index contributed by atoms with van der Waals surface area (Å²) in [4.78, 5) is 35.5. The number of hydrogen-bond acceptors (Lipinski definition) is 4. The van der Waals surface area contributed by atoms with E-state index in [1.54, 1.807) is 24.3 Å². The first-order chi connectivity index (χ1) is 11.9. The Balaban J connectivity index is 2.00. The maximum Gasteiger partial charge on any atom is 0.337 e. The van der Waals surface area contributed by atoms with E-state index in [9.17, 15) is 14.4 Å². The van der Waals surface area contributed by atoms with Gasteiger partial charge < -0.3 is 15.4 Å². The molecule has 0 atom stereocenters. The number of methoxy groups -OCH3 is 1. The number of benzene rings is 2. The fourth-order valence-corrected chi connectivity index (χ4v) is 2.35. The van der Waals surface area contributed by atoms with Gasteiger partial charge in [-0.25, -0.2) is 4.79 Å². The number of rotatable bonds is 5. The predicted molar refractivity (Wildman–Crippen MR) is 95.2 cm³/mol. The van der Waals surface area contributed by atoms with Gasteiger partial charge in [-0.1, -0.05) is 35.3 Å². The lowest BCUT2D eigenvalue weighted by atomic mass is 10.2. The summed E-state index contributed by atoms with van der Waals surface area (Å²) in [5.41, 5.74) is 0.742. The van der Waals surface area contributed by atoms with E-state index < -0.39 is 17.8 Å². The summed E-state index contributed by atoms with van der Waals surface area (Å²) in [7, 11) is 1.25. The first-order valence-corrected chi connectivity index (χ1v) is 7.88. The molecule has 130 valence electrons. The summed E-state index contributed by atoms with van der Waals surface area (Å²) < 4.78 is 4.61. The second kappa shape index (κ2) is 8.50. The van der Waals surface area contributed by atoms with E-state index in [1.807, 2.05) is 0 Å². The van der Waals surface area contributed by atoms with Crippen LogP contribution in [0.15, 0.2) is 42.5 Å². The largest absolute Gasteiger partial charge is 0.465 e. The van der Waals surface area contributed by atoms with Gasteiger partial charge in [0.15, 0.2) is 0 Å². The fraction of sp³-hybridized carbons (Fsp3) is 0.118.